The average molecular weight is 357 g/mol. The first kappa shape index (κ1) is 16.7. The quantitative estimate of drug-likeness (QED) is 0.520. The highest BCUT2D eigenvalue weighted by Gasteiger charge is 2.10. The molecule has 0 aliphatic heterocycles. The minimum absolute atomic E-state index is 0.599. The maximum absolute atomic E-state index is 6.58. The van der Waals surface area contributed by atoms with Crippen molar-refractivity contribution in [1.82, 2.24) is 0 Å². The lowest BCUT2D eigenvalue weighted by Crippen LogP contribution is -1.97. The Morgan fingerprint density at radius 3 is 1.54 bits per heavy atom. The van der Waals surface area contributed by atoms with Gasteiger partial charge >= 0.3 is 0 Å². The van der Waals surface area contributed by atoms with Crippen LogP contribution < -0.4 is 10.6 Å². The molecule has 0 spiro atoms. The number of benzene rings is 3. The second-order valence-corrected chi connectivity index (χ2v) is 6.62. The molecule has 3 aromatic carbocycles. The average Bonchev–Trinajstić information content (AvgIpc) is 2.52. The summed E-state index contributed by atoms with van der Waals surface area (Å²) >= 11 is 12.9. The molecule has 24 heavy (non-hydrogen) atoms. The smallest absolute Gasteiger partial charge is 0.0876 e. The molecule has 2 N–H and O–H groups in total. The Bertz CT molecular complexity index is 807. The fraction of sp³-hybridized carbons (Fsp3) is 0.100. The van der Waals surface area contributed by atoms with Crippen molar-refractivity contribution in [1.29, 1.82) is 0 Å². The zero-order chi connectivity index (χ0) is 17.1. The van der Waals surface area contributed by atoms with Gasteiger partial charge in [-0.2, -0.15) is 0 Å². The number of nitrogens with one attached hydrogen (secondary N) is 2. The zero-order valence-electron chi connectivity index (χ0n) is 13.5. The van der Waals surface area contributed by atoms with Gasteiger partial charge in [0.1, 0.15) is 0 Å². The van der Waals surface area contributed by atoms with Crippen molar-refractivity contribution in [2.75, 3.05) is 10.6 Å². The first-order valence-corrected chi connectivity index (χ1v) is 8.43. The summed E-state index contributed by atoms with van der Waals surface area (Å²) in [6.07, 6.45) is 0. The molecule has 0 heterocycles. The summed E-state index contributed by atoms with van der Waals surface area (Å²) in [7, 11) is 0. The van der Waals surface area contributed by atoms with Crippen LogP contribution in [0.1, 0.15) is 11.1 Å². The Morgan fingerprint density at radius 1 is 0.667 bits per heavy atom. The highest BCUT2D eigenvalue weighted by molar-refractivity contribution is 6.38. The Kier molecular flexibility index (Phi) is 4.98. The lowest BCUT2D eigenvalue weighted by molar-refractivity contribution is 1.44. The van der Waals surface area contributed by atoms with Crippen LogP contribution in [0.15, 0.2) is 60.7 Å². The Balaban J connectivity index is 1.92. The van der Waals surface area contributed by atoms with Crippen molar-refractivity contribution < 1.29 is 0 Å². The van der Waals surface area contributed by atoms with Crippen molar-refractivity contribution in [3.63, 3.8) is 0 Å². The van der Waals surface area contributed by atoms with E-state index in [2.05, 4.69) is 48.7 Å². The van der Waals surface area contributed by atoms with E-state index >= 15 is 0 Å². The van der Waals surface area contributed by atoms with E-state index in [-0.39, 0.29) is 0 Å². The van der Waals surface area contributed by atoms with Crippen LogP contribution in [0.25, 0.3) is 0 Å². The standard InChI is InChI=1S/C20H18Cl2N2/c1-13-5-3-7-16(9-13)23-18-11-15(21)12-19(20(18)22)24-17-8-4-6-14(2)10-17/h3-12,23-24H,1-2H3. The molecular weight excluding hydrogens is 339 g/mol. The van der Waals surface area contributed by atoms with Gasteiger partial charge in [-0.25, -0.2) is 0 Å². The molecule has 0 atom stereocenters. The monoisotopic (exact) mass is 356 g/mol. The summed E-state index contributed by atoms with van der Waals surface area (Å²) in [6, 6.07) is 19.9. The lowest BCUT2D eigenvalue weighted by atomic mass is 10.2. The van der Waals surface area contributed by atoms with Crippen LogP contribution in [0.5, 0.6) is 0 Å². The Morgan fingerprint density at radius 2 is 1.12 bits per heavy atom. The number of anilines is 4. The van der Waals surface area contributed by atoms with Gasteiger partial charge in [0.25, 0.3) is 0 Å². The van der Waals surface area contributed by atoms with Crippen LogP contribution in [-0.4, -0.2) is 0 Å². The topological polar surface area (TPSA) is 24.1 Å². The molecule has 0 amide bonds. The summed E-state index contributed by atoms with van der Waals surface area (Å²) < 4.78 is 0. The molecule has 0 aliphatic rings. The molecule has 0 radical (unpaired) electrons. The number of halogens is 2. The first-order chi connectivity index (χ1) is 11.5. The minimum Gasteiger partial charge on any atom is -0.354 e. The SMILES string of the molecule is Cc1cccc(Nc2cc(Cl)cc(Nc3cccc(C)c3)c2Cl)c1. The van der Waals surface area contributed by atoms with Gasteiger partial charge in [0.2, 0.25) is 0 Å². The van der Waals surface area contributed by atoms with Gasteiger partial charge in [0.15, 0.2) is 0 Å². The van der Waals surface area contributed by atoms with E-state index in [1.54, 1.807) is 0 Å². The molecule has 0 bridgehead atoms. The number of hydrogen-bond donors (Lipinski definition) is 2. The molecule has 3 aromatic rings. The molecule has 3 rings (SSSR count). The van der Waals surface area contributed by atoms with Crippen molar-refractivity contribution in [3.8, 4) is 0 Å². The summed E-state index contributed by atoms with van der Waals surface area (Å²) in [4.78, 5) is 0. The third-order valence-corrected chi connectivity index (χ3v) is 4.26. The van der Waals surface area contributed by atoms with Gasteiger partial charge in [-0.15, -0.1) is 0 Å². The van der Waals surface area contributed by atoms with E-state index < -0.39 is 0 Å². The normalized spacial score (nSPS) is 10.5. The second-order valence-electron chi connectivity index (χ2n) is 5.80. The maximum Gasteiger partial charge on any atom is 0.0876 e. The van der Waals surface area contributed by atoms with Crippen LogP contribution >= 0.6 is 23.2 Å². The third kappa shape index (κ3) is 4.02. The minimum atomic E-state index is 0.599. The van der Waals surface area contributed by atoms with Crippen LogP contribution in [0.4, 0.5) is 22.7 Å². The molecule has 0 unspecified atom stereocenters. The maximum atomic E-state index is 6.58. The van der Waals surface area contributed by atoms with Crippen molar-refractivity contribution in [2.24, 2.45) is 0 Å². The fourth-order valence-corrected chi connectivity index (χ4v) is 2.95. The van der Waals surface area contributed by atoms with Crippen LogP contribution in [0.3, 0.4) is 0 Å². The van der Waals surface area contributed by atoms with Crippen molar-refractivity contribution in [3.05, 3.63) is 81.8 Å². The predicted molar refractivity (Wildman–Crippen MR) is 105 cm³/mol. The molecule has 0 saturated heterocycles. The van der Waals surface area contributed by atoms with E-state index in [1.165, 1.54) is 11.1 Å². The number of aryl methyl sites for hydroxylation is 2. The van der Waals surface area contributed by atoms with Gasteiger partial charge in [0, 0.05) is 16.4 Å². The van der Waals surface area contributed by atoms with Crippen molar-refractivity contribution >= 4 is 46.0 Å². The van der Waals surface area contributed by atoms with Gasteiger partial charge in [-0.1, -0.05) is 47.5 Å². The summed E-state index contributed by atoms with van der Waals surface area (Å²) in [5, 5.41) is 7.88. The number of hydrogen-bond acceptors (Lipinski definition) is 2. The van der Waals surface area contributed by atoms with Gasteiger partial charge in [-0.3, -0.25) is 0 Å². The predicted octanol–water partition coefficient (Wildman–Crippen LogP) is 7.10. The summed E-state index contributed by atoms with van der Waals surface area (Å²) in [6.45, 7) is 4.10. The van der Waals surface area contributed by atoms with Crippen molar-refractivity contribution in [2.45, 2.75) is 13.8 Å². The third-order valence-electron chi connectivity index (χ3n) is 3.63. The first-order valence-electron chi connectivity index (χ1n) is 7.68. The molecule has 2 nitrogen and oxygen atoms in total. The molecule has 0 fully saturated rings. The van der Waals surface area contributed by atoms with E-state index in [0.29, 0.717) is 10.0 Å². The molecular formula is C20H18Cl2N2. The van der Waals surface area contributed by atoms with Gasteiger partial charge in [-0.05, 0) is 61.4 Å². The van der Waals surface area contributed by atoms with Gasteiger partial charge in [0.05, 0.1) is 16.4 Å². The van der Waals surface area contributed by atoms with Crippen LogP contribution in [0, 0.1) is 13.8 Å². The highest BCUT2D eigenvalue weighted by Crippen LogP contribution is 2.37. The van der Waals surface area contributed by atoms with Crippen LogP contribution in [0.2, 0.25) is 10.0 Å². The van der Waals surface area contributed by atoms with E-state index in [9.17, 15) is 0 Å². The molecule has 122 valence electrons. The highest BCUT2D eigenvalue weighted by atomic mass is 35.5. The molecule has 4 heteroatoms. The van der Waals surface area contributed by atoms with E-state index in [4.69, 9.17) is 23.2 Å². The molecule has 0 aliphatic carbocycles. The number of rotatable bonds is 4. The largest absolute Gasteiger partial charge is 0.354 e. The molecule has 0 saturated carbocycles. The van der Waals surface area contributed by atoms with Crippen LogP contribution in [-0.2, 0) is 0 Å². The summed E-state index contributed by atoms with van der Waals surface area (Å²) in [5.41, 5.74) is 5.84. The second kappa shape index (κ2) is 7.16. The van der Waals surface area contributed by atoms with E-state index in [1.807, 2.05) is 36.4 Å². The van der Waals surface area contributed by atoms with Gasteiger partial charge < -0.3 is 10.6 Å². The summed E-state index contributed by atoms with van der Waals surface area (Å²) in [5.74, 6) is 0. The Hall–Kier alpha value is -2.16. The fourth-order valence-electron chi connectivity index (χ4n) is 2.53. The Labute approximate surface area is 152 Å². The lowest BCUT2D eigenvalue weighted by Gasteiger charge is -2.15. The molecule has 0 aromatic heterocycles. The van der Waals surface area contributed by atoms with E-state index in [0.717, 1.165) is 22.7 Å². The zero-order valence-corrected chi connectivity index (χ0v) is 15.0.